The first kappa shape index (κ1) is 15.0. The molecule has 20 heavy (non-hydrogen) atoms. The minimum atomic E-state index is -0.279. The Bertz CT molecular complexity index is 439. The largest absolute Gasteiger partial charge is 0.341 e. The van der Waals surface area contributed by atoms with Crippen molar-refractivity contribution in [3.8, 4) is 0 Å². The summed E-state index contributed by atoms with van der Waals surface area (Å²) in [4.78, 5) is 20.9. The van der Waals surface area contributed by atoms with Gasteiger partial charge in [0, 0.05) is 50.5 Å². The Kier molecular flexibility index (Phi) is 4.76. The highest BCUT2D eigenvalue weighted by Gasteiger charge is 2.28. The van der Waals surface area contributed by atoms with Crippen LogP contribution in [0.25, 0.3) is 0 Å². The monoisotopic (exact) mass is 275 g/mol. The predicted octanol–water partition coefficient (Wildman–Crippen LogP) is 2.16. The van der Waals surface area contributed by atoms with Crippen LogP contribution in [0.3, 0.4) is 0 Å². The minimum absolute atomic E-state index is 0.265. The number of carbonyl (C=O) groups is 1. The summed E-state index contributed by atoms with van der Waals surface area (Å²) < 4.78 is 0. The van der Waals surface area contributed by atoms with Crippen molar-refractivity contribution in [1.29, 1.82) is 0 Å². The van der Waals surface area contributed by atoms with Gasteiger partial charge in [-0.25, -0.2) is 0 Å². The molecule has 1 saturated heterocycles. The van der Waals surface area contributed by atoms with E-state index in [1.165, 1.54) is 5.56 Å². The Hall–Kier alpha value is -1.42. The summed E-state index contributed by atoms with van der Waals surface area (Å²) >= 11 is 0. The smallest absolute Gasteiger partial charge is 0.227 e. The average Bonchev–Trinajstić information content (AvgIpc) is 2.63. The lowest BCUT2D eigenvalue weighted by molar-refractivity contribution is -0.139. The first-order valence-electron chi connectivity index (χ1n) is 7.37. The number of carbonyl (C=O) groups excluding carboxylic acids is 1. The first-order chi connectivity index (χ1) is 9.47. The van der Waals surface area contributed by atoms with E-state index >= 15 is 0 Å². The van der Waals surface area contributed by atoms with Crippen molar-refractivity contribution >= 4 is 5.91 Å². The highest BCUT2D eigenvalue weighted by molar-refractivity contribution is 5.81. The Labute approximate surface area is 121 Å². The third kappa shape index (κ3) is 4.04. The number of amides is 1. The Morgan fingerprint density at radius 3 is 2.70 bits per heavy atom. The van der Waals surface area contributed by atoms with Crippen LogP contribution in [-0.2, 0) is 11.3 Å². The second-order valence-electron chi connectivity index (χ2n) is 6.53. The van der Waals surface area contributed by atoms with E-state index in [1.54, 1.807) is 6.20 Å². The molecule has 0 radical (unpaired) electrons. The van der Waals surface area contributed by atoms with Crippen LogP contribution in [0.15, 0.2) is 24.5 Å². The van der Waals surface area contributed by atoms with Crippen LogP contribution in [0.5, 0.6) is 0 Å². The molecule has 1 amide bonds. The third-order valence-corrected chi connectivity index (χ3v) is 3.65. The van der Waals surface area contributed by atoms with E-state index in [9.17, 15) is 4.79 Å². The fraction of sp³-hybridized carbons (Fsp3) is 0.625. The van der Waals surface area contributed by atoms with Gasteiger partial charge in [-0.3, -0.25) is 14.7 Å². The van der Waals surface area contributed by atoms with Gasteiger partial charge in [0.2, 0.25) is 5.91 Å². The van der Waals surface area contributed by atoms with Crippen LogP contribution in [0.4, 0.5) is 0 Å². The molecule has 0 bridgehead atoms. The van der Waals surface area contributed by atoms with Crippen LogP contribution in [-0.4, -0.2) is 46.9 Å². The Morgan fingerprint density at radius 1 is 1.25 bits per heavy atom. The molecule has 1 aliphatic heterocycles. The van der Waals surface area contributed by atoms with Crippen LogP contribution >= 0.6 is 0 Å². The molecule has 4 heteroatoms. The molecule has 0 unspecified atom stereocenters. The molecule has 0 spiro atoms. The molecule has 1 aliphatic rings. The number of hydrogen-bond donors (Lipinski definition) is 0. The average molecular weight is 275 g/mol. The van der Waals surface area contributed by atoms with Gasteiger partial charge in [-0.1, -0.05) is 26.8 Å². The van der Waals surface area contributed by atoms with Crippen LogP contribution in [0.2, 0.25) is 0 Å². The summed E-state index contributed by atoms with van der Waals surface area (Å²) in [6.07, 6.45) is 4.76. The van der Waals surface area contributed by atoms with E-state index in [-0.39, 0.29) is 11.3 Å². The van der Waals surface area contributed by atoms with E-state index < -0.39 is 0 Å². The van der Waals surface area contributed by atoms with Gasteiger partial charge in [-0.15, -0.1) is 0 Å². The minimum Gasteiger partial charge on any atom is -0.341 e. The molecule has 2 heterocycles. The number of rotatable bonds is 2. The van der Waals surface area contributed by atoms with Crippen LogP contribution in [0, 0.1) is 5.41 Å². The number of pyridine rings is 1. The molecular weight excluding hydrogens is 250 g/mol. The fourth-order valence-corrected chi connectivity index (χ4v) is 2.56. The zero-order chi connectivity index (χ0) is 14.6. The van der Waals surface area contributed by atoms with Gasteiger partial charge in [0.05, 0.1) is 0 Å². The summed E-state index contributed by atoms with van der Waals surface area (Å²) in [7, 11) is 0. The molecule has 4 nitrogen and oxygen atoms in total. The molecule has 1 fully saturated rings. The van der Waals surface area contributed by atoms with E-state index in [0.717, 1.165) is 39.1 Å². The zero-order valence-electron chi connectivity index (χ0n) is 12.8. The second kappa shape index (κ2) is 6.35. The summed E-state index contributed by atoms with van der Waals surface area (Å²) in [6.45, 7) is 10.6. The van der Waals surface area contributed by atoms with E-state index in [1.807, 2.05) is 37.9 Å². The van der Waals surface area contributed by atoms with Crippen molar-refractivity contribution in [2.45, 2.75) is 33.7 Å². The molecule has 0 aromatic carbocycles. The van der Waals surface area contributed by atoms with Gasteiger partial charge in [0.15, 0.2) is 0 Å². The Balaban J connectivity index is 1.91. The lowest BCUT2D eigenvalue weighted by atomic mass is 9.94. The molecular formula is C16H25N3O. The van der Waals surface area contributed by atoms with Crippen LogP contribution < -0.4 is 0 Å². The summed E-state index contributed by atoms with van der Waals surface area (Å²) in [5.41, 5.74) is 0.960. The molecule has 1 aromatic rings. The quantitative estimate of drug-likeness (QED) is 0.830. The maximum absolute atomic E-state index is 12.3. The van der Waals surface area contributed by atoms with Gasteiger partial charge >= 0.3 is 0 Å². The molecule has 0 aliphatic carbocycles. The molecule has 0 saturated carbocycles. The van der Waals surface area contributed by atoms with Crippen molar-refractivity contribution < 1.29 is 4.79 Å². The Morgan fingerprint density at radius 2 is 2.05 bits per heavy atom. The van der Waals surface area contributed by atoms with Gasteiger partial charge < -0.3 is 4.90 Å². The van der Waals surface area contributed by atoms with Crippen molar-refractivity contribution in [1.82, 2.24) is 14.8 Å². The van der Waals surface area contributed by atoms with Crippen molar-refractivity contribution in [2.24, 2.45) is 5.41 Å². The molecule has 0 N–H and O–H groups in total. The van der Waals surface area contributed by atoms with E-state index in [4.69, 9.17) is 0 Å². The second-order valence-corrected chi connectivity index (χ2v) is 6.53. The van der Waals surface area contributed by atoms with Crippen molar-refractivity contribution in [2.75, 3.05) is 26.2 Å². The van der Waals surface area contributed by atoms with Crippen molar-refractivity contribution in [3.05, 3.63) is 30.1 Å². The fourth-order valence-electron chi connectivity index (χ4n) is 2.56. The standard InChI is InChI=1S/C16H25N3O/c1-16(2,3)15(20)19-9-5-8-18(10-11-19)13-14-6-4-7-17-12-14/h4,6-7,12H,5,8-11,13H2,1-3H3. The predicted molar refractivity (Wildman–Crippen MR) is 80.2 cm³/mol. The third-order valence-electron chi connectivity index (χ3n) is 3.65. The maximum atomic E-state index is 12.3. The normalized spacial score (nSPS) is 17.9. The highest BCUT2D eigenvalue weighted by atomic mass is 16.2. The van der Waals surface area contributed by atoms with Crippen molar-refractivity contribution in [3.63, 3.8) is 0 Å². The first-order valence-corrected chi connectivity index (χ1v) is 7.37. The van der Waals surface area contributed by atoms with Gasteiger partial charge in [0.25, 0.3) is 0 Å². The van der Waals surface area contributed by atoms with Gasteiger partial charge in [-0.05, 0) is 18.1 Å². The number of nitrogens with zero attached hydrogens (tertiary/aromatic N) is 3. The topological polar surface area (TPSA) is 36.4 Å². The lowest BCUT2D eigenvalue weighted by Crippen LogP contribution is -2.41. The molecule has 1 aromatic heterocycles. The molecule has 2 rings (SSSR count). The number of hydrogen-bond acceptors (Lipinski definition) is 3. The maximum Gasteiger partial charge on any atom is 0.227 e. The van der Waals surface area contributed by atoms with E-state index in [0.29, 0.717) is 0 Å². The summed E-state index contributed by atoms with van der Waals surface area (Å²) in [5, 5.41) is 0. The summed E-state index contributed by atoms with van der Waals surface area (Å²) in [5.74, 6) is 0.265. The van der Waals surface area contributed by atoms with Crippen LogP contribution in [0.1, 0.15) is 32.8 Å². The zero-order valence-corrected chi connectivity index (χ0v) is 12.8. The lowest BCUT2D eigenvalue weighted by Gasteiger charge is -2.28. The molecule has 0 atom stereocenters. The highest BCUT2D eigenvalue weighted by Crippen LogP contribution is 2.19. The molecule has 110 valence electrons. The van der Waals surface area contributed by atoms with Gasteiger partial charge in [-0.2, -0.15) is 0 Å². The van der Waals surface area contributed by atoms with E-state index in [2.05, 4.69) is 16.0 Å². The summed E-state index contributed by atoms with van der Waals surface area (Å²) in [6, 6.07) is 4.08. The SMILES string of the molecule is CC(C)(C)C(=O)N1CCCN(Cc2cccnc2)CC1. The number of aromatic nitrogens is 1. The van der Waals surface area contributed by atoms with Gasteiger partial charge in [0.1, 0.15) is 0 Å².